The fourth-order valence-electron chi connectivity index (χ4n) is 2.35. The predicted molar refractivity (Wildman–Crippen MR) is 78.6 cm³/mol. The Labute approximate surface area is 132 Å². The van der Waals surface area contributed by atoms with Crippen molar-refractivity contribution in [1.29, 1.82) is 0 Å². The minimum absolute atomic E-state index is 0.140. The van der Waals surface area contributed by atoms with Crippen LogP contribution in [0.1, 0.15) is 18.4 Å². The van der Waals surface area contributed by atoms with Gasteiger partial charge in [0.2, 0.25) is 0 Å². The smallest absolute Gasteiger partial charge is 0.320 e. The van der Waals surface area contributed by atoms with Crippen LogP contribution < -0.4 is 0 Å². The monoisotopic (exact) mass is 323 g/mol. The molecule has 0 aliphatic heterocycles. The summed E-state index contributed by atoms with van der Waals surface area (Å²) in [5.74, 6) is -4.58. The van der Waals surface area contributed by atoms with Gasteiger partial charge in [-0.1, -0.05) is 19.1 Å². The Kier molecular flexibility index (Phi) is 6.37. The molecule has 0 radical (unpaired) electrons. The number of aldehydes is 1. The van der Waals surface area contributed by atoms with Gasteiger partial charge in [0.05, 0.1) is 19.1 Å². The van der Waals surface area contributed by atoms with Crippen molar-refractivity contribution in [2.24, 2.45) is 11.8 Å². The van der Waals surface area contributed by atoms with Gasteiger partial charge in [0.15, 0.2) is 5.92 Å². The Morgan fingerprint density at radius 3 is 1.96 bits per heavy atom. The average Bonchev–Trinajstić information content (AvgIpc) is 2.57. The molecular formula is C15H17NO7. The molecule has 0 heterocycles. The molecule has 1 rings (SSSR count). The number of nitro benzene ring substituents is 1. The van der Waals surface area contributed by atoms with Crippen LogP contribution in [0.3, 0.4) is 0 Å². The van der Waals surface area contributed by atoms with Crippen LogP contribution in [-0.2, 0) is 23.9 Å². The number of non-ortho nitro benzene ring substituents is 1. The van der Waals surface area contributed by atoms with Gasteiger partial charge in [-0.05, 0) is 5.56 Å². The van der Waals surface area contributed by atoms with Crippen LogP contribution in [0.15, 0.2) is 24.3 Å². The second kappa shape index (κ2) is 8.02. The molecule has 0 N–H and O–H groups in total. The molecular weight excluding hydrogens is 306 g/mol. The highest BCUT2D eigenvalue weighted by Crippen LogP contribution is 2.34. The molecule has 0 spiro atoms. The van der Waals surface area contributed by atoms with E-state index in [4.69, 9.17) is 0 Å². The van der Waals surface area contributed by atoms with Crippen molar-refractivity contribution in [2.45, 2.75) is 12.8 Å². The summed E-state index contributed by atoms with van der Waals surface area (Å²) in [6, 6.07) is 5.29. The van der Waals surface area contributed by atoms with Crippen LogP contribution in [0.2, 0.25) is 0 Å². The average molecular weight is 323 g/mol. The van der Waals surface area contributed by atoms with Crippen LogP contribution in [0, 0.1) is 22.0 Å². The lowest BCUT2D eigenvalue weighted by Crippen LogP contribution is -2.35. The standard InChI is InChI=1S/C15H17NO7/c1-9(8-17)12(13(14(18)22-2)15(19)23-3)10-4-6-11(7-5-10)16(20)21/h4-9,12-13H,1-3H3. The van der Waals surface area contributed by atoms with E-state index in [1.807, 2.05) is 0 Å². The molecule has 0 saturated carbocycles. The van der Waals surface area contributed by atoms with Gasteiger partial charge in [-0.25, -0.2) is 0 Å². The molecule has 1 aromatic carbocycles. The van der Waals surface area contributed by atoms with E-state index in [0.29, 0.717) is 11.8 Å². The molecule has 0 fully saturated rings. The van der Waals surface area contributed by atoms with E-state index < -0.39 is 34.6 Å². The largest absolute Gasteiger partial charge is 0.468 e. The number of rotatable bonds is 7. The highest BCUT2D eigenvalue weighted by atomic mass is 16.6. The Morgan fingerprint density at radius 1 is 1.13 bits per heavy atom. The maximum Gasteiger partial charge on any atom is 0.320 e. The van der Waals surface area contributed by atoms with Crippen LogP contribution in [0.25, 0.3) is 0 Å². The van der Waals surface area contributed by atoms with Crippen LogP contribution in [0.5, 0.6) is 0 Å². The van der Waals surface area contributed by atoms with Crippen molar-refractivity contribution in [3.63, 3.8) is 0 Å². The van der Waals surface area contributed by atoms with Crippen molar-refractivity contribution < 1.29 is 28.8 Å². The van der Waals surface area contributed by atoms with Gasteiger partial charge in [-0.15, -0.1) is 0 Å². The van der Waals surface area contributed by atoms with Gasteiger partial charge >= 0.3 is 11.9 Å². The normalized spacial score (nSPS) is 13.0. The first-order chi connectivity index (χ1) is 10.9. The van der Waals surface area contributed by atoms with E-state index in [0.717, 1.165) is 14.2 Å². The van der Waals surface area contributed by atoms with Crippen molar-refractivity contribution in [1.82, 2.24) is 0 Å². The number of carbonyl (C=O) groups excluding carboxylic acids is 3. The molecule has 0 saturated heterocycles. The number of hydrogen-bond acceptors (Lipinski definition) is 7. The summed E-state index contributed by atoms with van der Waals surface area (Å²) in [7, 11) is 2.24. The zero-order valence-electron chi connectivity index (χ0n) is 12.9. The number of ether oxygens (including phenoxy) is 2. The number of carbonyl (C=O) groups is 3. The van der Waals surface area contributed by atoms with Gasteiger partial charge in [-0.2, -0.15) is 0 Å². The molecule has 8 heteroatoms. The molecule has 23 heavy (non-hydrogen) atoms. The van der Waals surface area contributed by atoms with Crippen molar-refractivity contribution in [3.8, 4) is 0 Å². The minimum atomic E-state index is -1.34. The molecule has 0 amide bonds. The number of benzene rings is 1. The second-order valence-corrected chi connectivity index (χ2v) is 4.89. The maximum atomic E-state index is 12.0. The van der Waals surface area contributed by atoms with E-state index in [2.05, 4.69) is 9.47 Å². The summed E-state index contributed by atoms with van der Waals surface area (Å²) >= 11 is 0. The summed E-state index contributed by atoms with van der Waals surface area (Å²) in [6.07, 6.45) is 0.602. The SMILES string of the molecule is COC(=O)C(C(=O)OC)C(c1ccc([N+](=O)[O-])cc1)C(C)C=O. The summed E-state index contributed by atoms with van der Waals surface area (Å²) in [5.41, 5.74) is 0.287. The third kappa shape index (κ3) is 4.12. The molecule has 0 aromatic heterocycles. The van der Waals surface area contributed by atoms with Gasteiger partial charge in [0.1, 0.15) is 6.29 Å². The van der Waals surface area contributed by atoms with Crippen LogP contribution >= 0.6 is 0 Å². The van der Waals surface area contributed by atoms with Crippen molar-refractivity contribution in [3.05, 3.63) is 39.9 Å². The second-order valence-electron chi connectivity index (χ2n) is 4.89. The summed E-state index contributed by atoms with van der Waals surface area (Å²) in [4.78, 5) is 45.3. The Morgan fingerprint density at radius 2 is 1.61 bits per heavy atom. The summed E-state index contributed by atoms with van der Waals surface area (Å²) in [5, 5.41) is 10.7. The summed E-state index contributed by atoms with van der Waals surface area (Å²) < 4.78 is 9.26. The number of hydrogen-bond donors (Lipinski definition) is 0. The minimum Gasteiger partial charge on any atom is -0.468 e. The molecule has 124 valence electrons. The van der Waals surface area contributed by atoms with Crippen LogP contribution in [-0.4, -0.2) is 37.4 Å². The Hall–Kier alpha value is -2.77. The van der Waals surface area contributed by atoms with E-state index in [1.54, 1.807) is 0 Å². The zero-order valence-corrected chi connectivity index (χ0v) is 12.9. The van der Waals surface area contributed by atoms with Crippen molar-refractivity contribution in [2.75, 3.05) is 14.2 Å². The van der Waals surface area contributed by atoms with Gasteiger partial charge in [0, 0.05) is 24.0 Å². The molecule has 0 aliphatic rings. The van der Waals surface area contributed by atoms with Gasteiger partial charge in [-0.3, -0.25) is 19.7 Å². The van der Waals surface area contributed by atoms with Gasteiger partial charge in [0.25, 0.3) is 5.69 Å². The number of nitrogens with zero attached hydrogens (tertiary/aromatic N) is 1. The molecule has 2 unspecified atom stereocenters. The zero-order chi connectivity index (χ0) is 17.6. The molecule has 0 bridgehead atoms. The topological polar surface area (TPSA) is 113 Å². The predicted octanol–water partition coefficient (Wildman–Crippen LogP) is 1.48. The Bertz CT molecular complexity index is 580. The van der Waals surface area contributed by atoms with Crippen molar-refractivity contribution >= 4 is 23.9 Å². The molecule has 2 atom stereocenters. The molecule has 1 aromatic rings. The number of nitro groups is 1. The highest BCUT2D eigenvalue weighted by Gasteiger charge is 2.40. The maximum absolute atomic E-state index is 12.0. The lowest BCUT2D eigenvalue weighted by atomic mass is 9.78. The molecule has 8 nitrogen and oxygen atoms in total. The lowest BCUT2D eigenvalue weighted by molar-refractivity contribution is -0.384. The lowest BCUT2D eigenvalue weighted by Gasteiger charge is -2.26. The number of methoxy groups -OCH3 is 2. The van der Waals surface area contributed by atoms with E-state index >= 15 is 0 Å². The number of esters is 2. The van der Waals surface area contributed by atoms with Crippen LogP contribution in [0.4, 0.5) is 5.69 Å². The first kappa shape index (κ1) is 18.3. The van der Waals surface area contributed by atoms with E-state index in [1.165, 1.54) is 31.2 Å². The quantitative estimate of drug-likeness (QED) is 0.245. The third-order valence-corrected chi connectivity index (χ3v) is 3.54. The van der Waals surface area contributed by atoms with Gasteiger partial charge < -0.3 is 14.3 Å². The highest BCUT2D eigenvalue weighted by molar-refractivity contribution is 5.96. The fourth-order valence-corrected chi connectivity index (χ4v) is 2.35. The fraction of sp³-hybridized carbons (Fsp3) is 0.400. The Balaban J connectivity index is 3.36. The third-order valence-electron chi connectivity index (χ3n) is 3.54. The van der Waals surface area contributed by atoms with E-state index in [9.17, 15) is 24.5 Å². The van der Waals surface area contributed by atoms with E-state index in [-0.39, 0.29) is 5.69 Å². The molecule has 0 aliphatic carbocycles. The summed E-state index contributed by atoms with van der Waals surface area (Å²) in [6.45, 7) is 1.54. The first-order valence-electron chi connectivity index (χ1n) is 6.72. The first-order valence-corrected chi connectivity index (χ1v) is 6.72.